The van der Waals surface area contributed by atoms with Crippen molar-refractivity contribution in [1.82, 2.24) is 15.0 Å². The van der Waals surface area contributed by atoms with Crippen LogP contribution < -0.4 is 16.4 Å². The third-order valence-corrected chi connectivity index (χ3v) is 2.99. The van der Waals surface area contributed by atoms with E-state index in [0.29, 0.717) is 17.5 Å². The number of nitrogens with two attached hydrogens (primary N) is 2. The zero-order valence-electron chi connectivity index (χ0n) is 10.2. The first-order valence-electron chi connectivity index (χ1n) is 5.14. The van der Waals surface area contributed by atoms with E-state index in [1.165, 1.54) is 11.8 Å². The Hall–Kier alpha value is -1.61. The van der Waals surface area contributed by atoms with Crippen molar-refractivity contribution in [3.63, 3.8) is 0 Å². The topological polar surface area (TPSA) is 131 Å². The Morgan fingerprint density at radius 3 is 2.67 bits per heavy atom. The van der Waals surface area contributed by atoms with Gasteiger partial charge in [-0.3, -0.25) is 4.79 Å². The molecule has 0 aliphatic rings. The highest BCUT2D eigenvalue weighted by atomic mass is 32.2. The first kappa shape index (κ1) is 14.5. The summed E-state index contributed by atoms with van der Waals surface area (Å²) in [5.41, 5.74) is 10.9. The lowest BCUT2D eigenvalue weighted by atomic mass is 10.4. The number of carbonyl (C=O) groups is 1. The van der Waals surface area contributed by atoms with Crippen molar-refractivity contribution in [2.75, 3.05) is 30.5 Å². The summed E-state index contributed by atoms with van der Waals surface area (Å²) in [6.07, 6.45) is 0. The average Bonchev–Trinajstić information content (AvgIpc) is 2.27. The summed E-state index contributed by atoms with van der Waals surface area (Å²) >= 11 is 1.34. The predicted octanol–water partition coefficient (Wildman–Crippen LogP) is -0.835. The van der Waals surface area contributed by atoms with E-state index in [-0.39, 0.29) is 11.7 Å². The number of aromatic nitrogens is 3. The smallest absolute Gasteiger partial charge is 0.321 e. The molecule has 0 aliphatic carbocycles. The molecule has 0 aliphatic heterocycles. The average molecular weight is 272 g/mol. The van der Waals surface area contributed by atoms with Gasteiger partial charge in [-0.2, -0.15) is 26.7 Å². The second kappa shape index (κ2) is 6.36. The minimum atomic E-state index is -1.02. The van der Waals surface area contributed by atoms with Crippen molar-refractivity contribution in [3.05, 3.63) is 5.82 Å². The Balaban J connectivity index is 2.59. The predicted molar refractivity (Wildman–Crippen MR) is 70.3 cm³/mol. The van der Waals surface area contributed by atoms with Gasteiger partial charge in [-0.15, -0.1) is 0 Å². The van der Waals surface area contributed by atoms with Gasteiger partial charge in [-0.25, -0.2) is 0 Å². The molecule has 1 atom stereocenters. The number of anilines is 2. The summed E-state index contributed by atoms with van der Waals surface area (Å²) in [5, 5.41) is 8.63. The van der Waals surface area contributed by atoms with Gasteiger partial charge in [-0.05, 0) is 0 Å². The number of thioether (sulfide) groups is 1. The SMILES string of the molecule is CN(C)c1nc(N)nc(CSC[C@H](N)C(=O)O)n1. The lowest BCUT2D eigenvalue weighted by Crippen LogP contribution is -2.32. The van der Waals surface area contributed by atoms with Gasteiger partial charge in [-0.1, -0.05) is 0 Å². The molecule has 0 unspecified atom stereocenters. The minimum Gasteiger partial charge on any atom is -0.480 e. The fraction of sp³-hybridized carbons (Fsp3) is 0.556. The molecule has 1 aromatic rings. The van der Waals surface area contributed by atoms with Crippen LogP contribution in [-0.4, -0.2) is 51.9 Å². The van der Waals surface area contributed by atoms with Crippen LogP contribution in [0.2, 0.25) is 0 Å². The maximum Gasteiger partial charge on any atom is 0.321 e. The fourth-order valence-electron chi connectivity index (χ4n) is 1.04. The Labute approximate surface area is 109 Å². The molecule has 9 heteroatoms. The van der Waals surface area contributed by atoms with Crippen molar-refractivity contribution in [2.45, 2.75) is 11.8 Å². The number of nitrogens with zero attached hydrogens (tertiary/aromatic N) is 4. The molecule has 0 fully saturated rings. The standard InChI is InChI=1S/C9H16N6O2S/c1-15(2)9-13-6(12-8(11)14-9)4-18-3-5(10)7(16)17/h5H,3-4,10H2,1-2H3,(H,16,17)(H2,11,12,13,14)/t5-/m0/s1. The Bertz CT molecular complexity index is 428. The number of nitrogen functional groups attached to an aromatic ring is 1. The molecule has 0 spiro atoms. The molecule has 1 heterocycles. The summed E-state index contributed by atoms with van der Waals surface area (Å²) in [6, 6.07) is -0.887. The summed E-state index contributed by atoms with van der Waals surface area (Å²) in [7, 11) is 3.60. The Kier molecular flexibility index (Phi) is 5.10. The van der Waals surface area contributed by atoms with Gasteiger partial charge in [0.25, 0.3) is 0 Å². The third-order valence-electron chi connectivity index (χ3n) is 1.93. The molecule has 0 radical (unpaired) electrons. The number of aliphatic carboxylic acids is 1. The van der Waals surface area contributed by atoms with Crippen LogP contribution in [0, 0.1) is 0 Å². The minimum absolute atomic E-state index is 0.145. The molecule has 0 bridgehead atoms. The van der Waals surface area contributed by atoms with Crippen molar-refractivity contribution in [1.29, 1.82) is 0 Å². The highest BCUT2D eigenvalue weighted by molar-refractivity contribution is 7.98. The van der Waals surface area contributed by atoms with E-state index in [1.54, 1.807) is 19.0 Å². The van der Waals surface area contributed by atoms with E-state index in [1.807, 2.05) is 0 Å². The van der Waals surface area contributed by atoms with Crippen LogP contribution in [0.25, 0.3) is 0 Å². The molecule has 100 valence electrons. The number of carboxylic acids is 1. The molecule has 0 aromatic carbocycles. The Morgan fingerprint density at radius 1 is 1.44 bits per heavy atom. The van der Waals surface area contributed by atoms with Crippen LogP contribution in [0.3, 0.4) is 0 Å². The normalized spacial score (nSPS) is 12.2. The molecule has 18 heavy (non-hydrogen) atoms. The second-order valence-corrected chi connectivity index (χ2v) is 4.79. The van der Waals surface area contributed by atoms with E-state index in [0.717, 1.165) is 0 Å². The molecule has 0 saturated carbocycles. The van der Waals surface area contributed by atoms with Gasteiger partial charge in [0.05, 0.1) is 5.75 Å². The largest absolute Gasteiger partial charge is 0.480 e. The van der Waals surface area contributed by atoms with E-state index in [2.05, 4.69) is 15.0 Å². The summed E-state index contributed by atoms with van der Waals surface area (Å²) in [4.78, 5) is 24.4. The first-order chi connectivity index (χ1) is 8.40. The highest BCUT2D eigenvalue weighted by Crippen LogP contribution is 2.12. The molecule has 5 N–H and O–H groups in total. The van der Waals surface area contributed by atoms with E-state index in [4.69, 9.17) is 16.6 Å². The van der Waals surface area contributed by atoms with Gasteiger partial charge in [0.15, 0.2) is 0 Å². The van der Waals surface area contributed by atoms with Crippen LogP contribution in [-0.2, 0) is 10.5 Å². The summed E-state index contributed by atoms with van der Waals surface area (Å²) < 4.78 is 0. The number of rotatable bonds is 6. The molecule has 1 aromatic heterocycles. The zero-order valence-corrected chi connectivity index (χ0v) is 11.0. The van der Waals surface area contributed by atoms with Crippen LogP contribution in [0.4, 0.5) is 11.9 Å². The van der Waals surface area contributed by atoms with Gasteiger partial charge in [0.2, 0.25) is 11.9 Å². The highest BCUT2D eigenvalue weighted by Gasteiger charge is 2.12. The lowest BCUT2D eigenvalue weighted by Gasteiger charge is -2.11. The maximum atomic E-state index is 10.5. The van der Waals surface area contributed by atoms with Crippen molar-refractivity contribution in [2.24, 2.45) is 5.73 Å². The molecule has 0 amide bonds. The van der Waals surface area contributed by atoms with Crippen molar-refractivity contribution >= 4 is 29.6 Å². The van der Waals surface area contributed by atoms with Crippen molar-refractivity contribution < 1.29 is 9.90 Å². The number of hydrogen-bond acceptors (Lipinski definition) is 8. The van der Waals surface area contributed by atoms with Crippen LogP contribution in [0.1, 0.15) is 5.82 Å². The van der Waals surface area contributed by atoms with Gasteiger partial charge in [0.1, 0.15) is 11.9 Å². The maximum absolute atomic E-state index is 10.5. The van der Waals surface area contributed by atoms with Crippen molar-refractivity contribution in [3.8, 4) is 0 Å². The Morgan fingerprint density at radius 2 is 2.11 bits per heavy atom. The summed E-state index contributed by atoms with van der Waals surface area (Å²) in [5.74, 6) is 0.833. The molecule has 8 nitrogen and oxygen atoms in total. The van der Waals surface area contributed by atoms with E-state index >= 15 is 0 Å². The number of hydrogen-bond donors (Lipinski definition) is 3. The quantitative estimate of drug-likeness (QED) is 0.606. The summed E-state index contributed by atoms with van der Waals surface area (Å²) in [6.45, 7) is 0. The van der Waals surface area contributed by atoms with Gasteiger partial charge in [0, 0.05) is 19.8 Å². The first-order valence-corrected chi connectivity index (χ1v) is 6.29. The van der Waals surface area contributed by atoms with E-state index in [9.17, 15) is 4.79 Å². The second-order valence-electron chi connectivity index (χ2n) is 3.76. The van der Waals surface area contributed by atoms with E-state index < -0.39 is 12.0 Å². The van der Waals surface area contributed by atoms with Crippen LogP contribution in [0.5, 0.6) is 0 Å². The monoisotopic (exact) mass is 272 g/mol. The zero-order chi connectivity index (χ0) is 13.7. The fourth-order valence-corrected chi connectivity index (χ4v) is 1.86. The van der Waals surface area contributed by atoms with Gasteiger partial charge < -0.3 is 21.5 Å². The molecule has 0 saturated heterocycles. The number of carboxylic acid groups (broad SMARTS) is 1. The lowest BCUT2D eigenvalue weighted by molar-refractivity contribution is -0.137. The molecule has 1 rings (SSSR count). The van der Waals surface area contributed by atoms with Crippen LogP contribution >= 0.6 is 11.8 Å². The molecular formula is C9H16N6O2S. The molecular weight excluding hydrogens is 256 g/mol. The van der Waals surface area contributed by atoms with Gasteiger partial charge >= 0.3 is 5.97 Å². The van der Waals surface area contributed by atoms with Crippen LogP contribution in [0.15, 0.2) is 0 Å². The third kappa shape index (κ3) is 4.34.